The van der Waals surface area contributed by atoms with E-state index >= 15 is 0 Å². The molecule has 28 heavy (non-hydrogen) atoms. The van der Waals surface area contributed by atoms with E-state index in [0.717, 1.165) is 36.9 Å². The Morgan fingerprint density at radius 1 is 1.14 bits per heavy atom. The average molecular weight is 382 g/mol. The predicted octanol–water partition coefficient (Wildman–Crippen LogP) is 3.35. The topological polar surface area (TPSA) is 60.5 Å². The summed E-state index contributed by atoms with van der Waals surface area (Å²) in [5.74, 6) is 0.727. The SMILES string of the molecule is CC1CCN(c2ccc(Nc3cncc(C(=O)NCCN(C)C)c3)cc2)CC1. The molecule has 1 saturated heterocycles. The third-order valence-electron chi connectivity index (χ3n) is 5.15. The summed E-state index contributed by atoms with van der Waals surface area (Å²) in [7, 11) is 3.96. The van der Waals surface area contributed by atoms with Gasteiger partial charge in [-0.05, 0) is 63.2 Å². The summed E-state index contributed by atoms with van der Waals surface area (Å²) in [5.41, 5.74) is 3.62. The third-order valence-corrected chi connectivity index (χ3v) is 5.15. The lowest BCUT2D eigenvalue weighted by molar-refractivity contribution is 0.0950. The van der Waals surface area contributed by atoms with Gasteiger partial charge < -0.3 is 20.4 Å². The van der Waals surface area contributed by atoms with Crippen LogP contribution in [-0.4, -0.2) is 56.1 Å². The highest BCUT2D eigenvalue weighted by atomic mass is 16.1. The largest absolute Gasteiger partial charge is 0.372 e. The third kappa shape index (κ3) is 5.70. The molecule has 0 unspecified atom stereocenters. The van der Waals surface area contributed by atoms with Crippen LogP contribution in [0.4, 0.5) is 17.1 Å². The lowest BCUT2D eigenvalue weighted by Crippen LogP contribution is -2.32. The van der Waals surface area contributed by atoms with Gasteiger partial charge in [-0.2, -0.15) is 0 Å². The molecule has 0 radical (unpaired) electrons. The first kappa shape index (κ1) is 20.1. The van der Waals surface area contributed by atoms with Gasteiger partial charge in [0.05, 0.1) is 17.4 Å². The van der Waals surface area contributed by atoms with Crippen molar-refractivity contribution in [3.05, 3.63) is 48.3 Å². The molecule has 1 aromatic heterocycles. The van der Waals surface area contributed by atoms with Crippen molar-refractivity contribution in [2.45, 2.75) is 19.8 Å². The van der Waals surface area contributed by atoms with E-state index in [1.165, 1.54) is 18.5 Å². The quantitative estimate of drug-likeness (QED) is 0.770. The second kappa shape index (κ2) is 9.55. The summed E-state index contributed by atoms with van der Waals surface area (Å²) in [5, 5.41) is 6.26. The van der Waals surface area contributed by atoms with E-state index in [1.807, 2.05) is 25.1 Å². The molecule has 150 valence electrons. The molecule has 3 rings (SSSR count). The normalized spacial score (nSPS) is 14.9. The molecule has 1 amide bonds. The van der Waals surface area contributed by atoms with Crippen molar-refractivity contribution in [3.8, 4) is 0 Å². The molecule has 0 bridgehead atoms. The molecule has 1 aliphatic heterocycles. The van der Waals surface area contributed by atoms with Crippen LogP contribution in [0.1, 0.15) is 30.1 Å². The number of nitrogens with zero attached hydrogens (tertiary/aromatic N) is 3. The van der Waals surface area contributed by atoms with Gasteiger partial charge in [0.25, 0.3) is 5.91 Å². The van der Waals surface area contributed by atoms with Gasteiger partial charge in [0.1, 0.15) is 0 Å². The van der Waals surface area contributed by atoms with Crippen LogP contribution in [0.3, 0.4) is 0 Å². The number of pyridine rings is 1. The highest BCUT2D eigenvalue weighted by Gasteiger charge is 2.15. The van der Waals surface area contributed by atoms with Crippen LogP contribution in [-0.2, 0) is 0 Å². The van der Waals surface area contributed by atoms with Gasteiger partial charge in [-0.1, -0.05) is 6.92 Å². The fraction of sp³-hybridized carbons (Fsp3) is 0.455. The number of likely N-dealkylation sites (N-methyl/N-ethyl adjacent to an activating group) is 1. The number of amides is 1. The Morgan fingerprint density at radius 3 is 2.54 bits per heavy atom. The Kier molecular flexibility index (Phi) is 6.87. The molecule has 0 spiro atoms. The fourth-order valence-corrected chi connectivity index (χ4v) is 3.32. The summed E-state index contributed by atoms with van der Waals surface area (Å²) < 4.78 is 0. The van der Waals surface area contributed by atoms with Crippen LogP contribution in [0.2, 0.25) is 0 Å². The maximum absolute atomic E-state index is 12.3. The Labute approximate surface area is 167 Å². The number of nitrogens with one attached hydrogen (secondary N) is 2. The zero-order valence-corrected chi connectivity index (χ0v) is 17.1. The first-order valence-electron chi connectivity index (χ1n) is 10.0. The minimum Gasteiger partial charge on any atom is -0.372 e. The van der Waals surface area contributed by atoms with Crippen molar-refractivity contribution in [1.82, 2.24) is 15.2 Å². The van der Waals surface area contributed by atoms with E-state index in [4.69, 9.17) is 0 Å². The number of rotatable bonds is 7. The lowest BCUT2D eigenvalue weighted by Gasteiger charge is -2.32. The Bertz CT molecular complexity index is 767. The van der Waals surface area contributed by atoms with Crippen LogP contribution < -0.4 is 15.5 Å². The van der Waals surface area contributed by atoms with Gasteiger partial charge in [-0.15, -0.1) is 0 Å². The maximum Gasteiger partial charge on any atom is 0.252 e. The molecule has 0 saturated carbocycles. The highest BCUT2D eigenvalue weighted by molar-refractivity contribution is 5.94. The van der Waals surface area contributed by atoms with Gasteiger partial charge >= 0.3 is 0 Å². The highest BCUT2D eigenvalue weighted by Crippen LogP contribution is 2.25. The molecule has 1 aliphatic rings. The molecule has 2 N–H and O–H groups in total. The summed E-state index contributed by atoms with van der Waals surface area (Å²) >= 11 is 0. The van der Waals surface area contributed by atoms with Crippen molar-refractivity contribution in [1.29, 1.82) is 0 Å². The summed E-state index contributed by atoms with van der Waals surface area (Å²) in [4.78, 5) is 21.0. The molecule has 2 heterocycles. The Hall–Kier alpha value is -2.60. The minimum absolute atomic E-state index is 0.104. The zero-order chi connectivity index (χ0) is 19.9. The molecule has 2 aromatic rings. The molecule has 1 aromatic carbocycles. The number of aromatic nitrogens is 1. The smallest absolute Gasteiger partial charge is 0.252 e. The first-order valence-corrected chi connectivity index (χ1v) is 10.0. The van der Waals surface area contributed by atoms with E-state index in [-0.39, 0.29) is 5.91 Å². The van der Waals surface area contributed by atoms with Crippen LogP contribution in [0.5, 0.6) is 0 Å². The van der Waals surface area contributed by atoms with E-state index in [1.54, 1.807) is 12.4 Å². The minimum atomic E-state index is -0.104. The number of anilines is 3. The summed E-state index contributed by atoms with van der Waals surface area (Å²) in [6, 6.07) is 10.3. The molecule has 6 nitrogen and oxygen atoms in total. The number of benzene rings is 1. The number of carbonyl (C=O) groups excluding carboxylic acids is 1. The van der Waals surface area contributed by atoms with Gasteiger partial charge in [0.2, 0.25) is 0 Å². The summed E-state index contributed by atoms with van der Waals surface area (Å²) in [6.07, 6.45) is 5.84. The molecule has 1 fully saturated rings. The van der Waals surface area contributed by atoms with Gasteiger partial charge in [0, 0.05) is 43.8 Å². The second-order valence-electron chi connectivity index (χ2n) is 7.86. The van der Waals surface area contributed by atoms with E-state index in [9.17, 15) is 4.79 Å². The van der Waals surface area contributed by atoms with Crippen molar-refractivity contribution in [2.75, 3.05) is 50.5 Å². The Balaban J connectivity index is 1.58. The summed E-state index contributed by atoms with van der Waals surface area (Å²) in [6.45, 7) is 6.00. The standard InChI is InChI=1S/C22H31N5O/c1-17-8-11-27(12-9-17)21-6-4-19(5-7-21)25-20-14-18(15-23-16-20)22(28)24-10-13-26(2)3/h4-7,14-17,25H,8-13H2,1-3H3,(H,24,28). The van der Waals surface area contributed by atoms with Crippen molar-refractivity contribution < 1.29 is 4.79 Å². The fourth-order valence-electron chi connectivity index (χ4n) is 3.32. The average Bonchev–Trinajstić information content (AvgIpc) is 2.69. The molecular weight excluding hydrogens is 350 g/mol. The van der Waals surface area contributed by atoms with E-state index in [2.05, 4.69) is 51.7 Å². The number of carbonyl (C=O) groups is 1. The zero-order valence-electron chi connectivity index (χ0n) is 17.1. The molecule has 0 aliphatic carbocycles. The molecule has 0 atom stereocenters. The number of hydrogen-bond acceptors (Lipinski definition) is 5. The predicted molar refractivity (Wildman–Crippen MR) is 115 cm³/mol. The number of piperidine rings is 1. The van der Waals surface area contributed by atoms with Crippen molar-refractivity contribution >= 4 is 23.0 Å². The molecule has 6 heteroatoms. The molecular formula is C22H31N5O. The van der Waals surface area contributed by atoms with Gasteiger partial charge in [-0.25, -0.2) is 0 Å². The van der Waals surface area contributed by atoms with Crippen molar-refractivity contribution in [3.63, 3.8) is 0 Å². The van der Waals surface area contributed by atoms with Gasteiger partial charge in [0.15, 0.2) is 0 Å². The van der Waals surface area contributed by atoms with Crippen LogP contribution in [0.15, 0.2) is 42.7 Å². The van der Waals surface area contributed by atoms with Gasteiger partial charge in [-0.3, -0.25) is 9.78 Å². The van der Waals surface area contributed by atoms with E-state index in [0.29, 0.717) is 12.1 Å². The van der Waals surface area contributed by atoms with Crippen molar-refractivity contribution in [2.24, 2.45) is 5.92 Å². The maximum atomic E-state index is 12.3. The van der Waals surface area contributed by atoms with E-state index < -0.39 is 0 Å². The van der Waals surface area contributed by atoms with Crippen LogP contribution in [0.25, 0.3) is 0 Å². The Morgan fingerprint density at radius 2 is 1.86 bits per heavy atom. The monoisotopic (exact) mass is 381 g/mol. The van der Waals surface area contributed by atoms with Crippen LogP contribution in [0, 0.1) is 5.92 Å². The lowest BCUT2D eigenvalue weighted by atomic mass is 9.99. The number of hydrogen-bond donors (Lipinski definition) is 2. The first-order chi connectivity index (χ1) is 13.5. The second-order valence-corrected chi connectivity index (χ2v) is 7.86. The van der Waals surface area contributed by atoms with Crippen LogP contribution >= 0.6 is 0 Å².